The first kappa shape index (κ1) is 13.0. The molecule has 4 N–H and O–H groups in total. The molecule has 0 bridgehead atoms. The Morgan fingerprint density at radius 2 is 2.11 bits per heavy atom. The second-order valence-corrected chi connectivity index (χ2v) is 4.54. The van der Waals surface area contributed by atoms with E-state index in [9.17, 15) is 0 Å². The number of rotatable bonds is 8. The summed E-state index contributed by atoms with van der Waals surface area (Å²) >= 11 is 0. The van der Waals surface area contributed by atoms with Gasteiger partial charge in [-0.15, -0.1) is 0 Å². The summed E-state index contributed by atoms with van der Waals surface area (Å²) in [5, 5.41) is 3.30. The van der Waals surface area contributed by atoms with Gasteiger partial charge in [-0.2, -0.15) is 0 Å². The molecule has 0 spiro atoms. The van der Waals surface area contributed by atoms with Crippen LogP contribution in [-0.4, -0.2) is 30.2 Å². The number of nitrogen functional groups attached to an aromatic ring is 1. The van der Waals surface area contributed by atoms with Crippen LogP contribution in [0.4, 0.5) is 11.6 Å². The molecular formula is C12H21N5O. The first-order valence-corrected chi connectivity index (χ1v) is 6.42. The Morgan fingerprint density at radius 3 is 2.78 bits per heavy atom. The van der Waals surface area contributed by atoms with Crippen LogP contribution in [0.2, 0.25) is 0 Å². The minimum atomic E-state index is 0.521. The molecule has 1 aliphatic rings. The number of ether oxygens (including phenoxy) is 1. The average Bonchev–Trinajstić information content (AvgIpc) is 3.22. The molecular weight excluding hydrogens is 230 g/mol. The number of hydrogen-bond donors (Lipinski definition) is 3. The Bertz CT molecular complexity index is 381. The third-order valence-electron chi connectivity index (χ3n) is 2.92. The minimum absolute atomic E-state index is 0.521. The zero-order valence-electron chi connectivity index (χ0n) is 10.8. The molecule has 1 aromatic heterocycles. The fourth-order valence-corrected chi connectivity index (χ4v) is 1.74. The Kier molecular flexibility index (Phi) is 4.72. The number of nitrogens with two attached hydrogens (primary N) is 1. The van der Waals surface area contributed by atoms with Gasteiger partial charge in [-0.25, -0.2) is 15.8 Å². The second kappa shape index (κ2) is 6.51. The summed E-state index contributed by atoms with van der Waals surface area (Å²) in [4.78, 5) is 8.88. The second-order valence-electron chi connectivity index (χ2n) is 4.54. The number of hydrogen-bond acceptors (Lipinski definition) is 6. The van der Waals surface area contributed by atoms with Crippen molar-refractivity contribution in [3.63, 3.8) is 0 Å². The number of nitrogens with zero attached hydrogens (tertiary/aromatic N) is 2. The first-order chi connectivity index (χ1) is 8.83. The van der Waals surface area contributed by atoms with Crippen molar-refractivity contribution in [2.45, 2.75) is 31.6 Å². The molecule has 1 heterocycles. The van der Waals surface area contributed by atoms with E-state index in [1.54, 1.807) is 7.11 Å². The maximum Gasteiger partial charge on any atom is 0.145 e. The molecule has 0 unspecified atom stereocenters. The lowest BCUT2D eigenvalue weighted by atomic mass is 10.3. The van der Waals surface area contributed by atoms with Crippen LogP contribution in [0.5, 0.6) is 0 Å². The number of aromatic nitrogens is 2. The van der Waals surface area contributed by atoms with Gasteiger partial charge in [-0.3, -0.25) is 0 Å². The number of unbranched alkanes of at least 4 members (excludes halogenated alkanes) is 1. The van der Waals surface area contributed by atoms with E-state index in [-0.39, 0.29) is 0 Å². The van der Waals surface area contributed by atoms with Crippen LogP contribution in [0.25, 0.3) is 0 Å². The summed E-state index contributed by atoms with van der Waals surface area (Å²) in [6, 6.07) is 1.84. The molecule has 1 aromatic rings. The lowest BCUT2D eigenvalue weighted by molar-refractivity contribution is 0.194. The normalized spacial score (nSPS) is 14.6. The molecule has 0 atom stereocenters. The van der Waals surface area contributed by atoms with Crippen molar-refractivity contribution in [2.75, 3.05) is 31.0 Å². The van der Waals surface area contributed by atoms with Gasteiger partial charge in [-0.05, 0) is 25.7 Å². The molecule has 6 heteroatoms. The third-order valence-corrected chi connectivity index (χ3v) is 2.92. The van der Waals surface area contributed by atoms with E-state index >= 15 is 0 Å². The van der Waals surface area contributed by atoms with E-state index in [0.29, 0.717) is 11.7 Å². The van der Waals surface area contributed by atoms with E-state index < -0.39 is 0 Å². The van der Waals surface area contributed by atoms with Gasteiger partial charge >= 0.3 is 0 Å². The van der Waals surface area contributed by atoms with Crippen molar-refractivity contribution in [2.24, 2.45) is 5.84 Å². The van der Waals surface area contributed by atoms with Crippen molar-refractivity contribution in [3.8, 4) is 0 Å². The summed E-state index contributed by atoms with van der Waals surface area (Å²) in [6.07, 6.45) is 4.47. The topological polar surface area (TPSA) is 85.1 Å². The molecule has 0 radical (unpaired) electrons. The molecule has 1 fully saturated rings. The molecule has 18 heavy (non-hydrogen) atoms. The zero-order valence-corrected chi connectivity index (χ0v) is 10.8. The fourth-order valence-electron chi connectivity index (χ4n) is 1.74. The largest absolute Gasteiger partial charge is 0.385 e. The predicted octanol–water partition coefficient (Wildman–Crippen LogP) is 1.48. The van der Waals surface area contributed by atoms with Gasteiger partial charge in [0.1, 0.15) is 17.5 Å². The number of anilines is 2. The molecule has 0 aromatic carbocycles. The van der Waals surface area contributed by atoms with E-state index in [1.807, 2.05) is 6.07 Å². The van der Waals surface area contributed by atoms with Gasteiger partial charge in [0.25, 0.3) is 0 Å². The number of methoxy groups -OCH3 is 1. The van der Waals surface area contributed by atoms with Crippen LogP contribution in [0.15, 0.2) is 6.07 Å². The molecule has 1 aliphatic carbocycles. The third kappa shape index (κ3) is 3.82. The highest BCUT2D eigenvalue weighted by molar-refractivity contribution is 5.47. The molecule has 0 amide bonds. The van der Waals surface area contributed by atoms with Crippen molar-refractivity contribution >= 4 is 11.6 Å². The van der Waals surface area contributed by atoms with Crippen LogP contribution < -0.4 is 16.6 Å². The highest BCUT2D eigenvalue weighted by Gasteiger charge is 2.27. The monoisotopic (exact) mass is 251 g/mol. The summed E-state index contributed by atoms with van der Waals surface area (Å²) in [5.74, 6) is 8.35. The van der Waals surface area contributed by atoms with Crippen LogP contribution in [-0.2, 0) is 4.74 Å². The van der Waals surface area contributed by atoms with Crippen molar-refractivity contribution < 1.29 is 4.74 Å². The molecule has 2 rings (SSSR count). The van der Waals surface area contributed by atoms with Gasteiger partial charge < -0.3 is 15.5 Å². The van der Waals surface area contributed by atoms with E-state index in [1.165, 1.54) is 12.8 Å². The van der Waals surface area contributed by atoms with Crippen molar-refractivity contribution in [3.05, 3.63) is 11.9 Å². The maximum atomic E-state index is 5.42. The molecule has 0 aliphatic heterocycles. The highest BCUT2D eigenvalue weighted by atomic mass is 16.5. The van der Waals surface area contributed by atoms with Gasteiger partial charge in [0, 0.05) is 32.2 Å². The number of hydrazine groups is 1. The molecule has 1 saturated carbocycles. The van der Waals surface area contributed by atoms with Gasteiger partial charge in [0.05, 0.1) is 0 Å². The molecule has 6 nitrogen and oxygen atoms in total. The van der Waals surface area contributed by atoms with Crippen LogP contribution in [0, 0.1) is 0 Å². The summed E-state index contributed by atoms with van der Waals surface area (Å²) in [5.41, 5.74) is 2.59. The smallest absolute Gasteiger partial charge is 0.145 e. The van der Waals surface area contributed by atoms with Crippen LogP contribution in [0.3, 0.4) is 0 Å². The molecule has 0 saturated heterocycles. The lowest BCUT2D eigenvalue weighted by Crippen LogP contribution is -2.12. The Balaban J connectivity index is 1.88. The first-order valence-electron chi connectivity index (χ1n) is 6.42. The minimum Gasteiger partial charge on any atom is -0.385 e. The Labute approximate surface area is 107 Å². The highest BCUT2D eigenvalue weighted by Crippen LogP contribution is 2.38. The van der Waals surface area contributed by atoms with Crippen LogP contribution >= 0.6 is 0 Å². The standard InChI is InChI=1S/C12H21N5O/c1-18-7-3-2-6-14-10-8-11(17-13)16-12(15-10)9-4-5-9/h8-9H,2-7,13H2,1H3,(H2,14,15,16,17). The quantitative estimate of drug-likeness (QED) is 0.368. The maximum absolute atomic E-state index is 5.42. The summed E-state index contributed by atoms with van der Waals surface area (Å²) < 4.78 is 5.01. The van der Waals surface area contributed by atoms with E-state index in [0.717, 1.165) is 37.6 Å². The Morgan fingerprint density at radius 1 is 1.33 bits per heavy atom. The van der Waals surface area contributed by atoms with Crippen molar-refractivity contribution in [1.82, 2.24) is 9.97 Å². The lowest BCUT2D eigenvalue weighted by Gasteiger charge is -2.09. The summed E-state index contributed by atoms with van der Waals surface area (Å²) in [6.45, 7) is 1.68. The van der Waals surface area contributed by atoms with E-state index in [4.69, 9.17) is 10.6 Å². The van der Waals surface area contributed by atoms with E-state index in [2.05, 4.69) is 20.7 Å². The Hall–Kier alpha value is -1.40. The van der Waals surface area contributed by atoms with Gasteiger partial charge in [0.2, 0.25) is 0 Å². The van der Waals surface area contributed by atoms with Crippen LogP contribution in [0.1, 0.15) is 37.4 Å². The average molecular weight is 251 g/mol. The zero-order chi connectivity index (χ0) is 12.8. The SMILES string of the molecule is COCCCCNc1cc(NN)nc(C2CC2)n1. The summed E-state index contributed by atoms with van der Waals surface area (Å²) in [7, 11) is 1.72. The van der Waals surface area contributed by atoms with Crippen molar-refractivity contribution in [1.29, 1.82) is 0 Å². The number of nitrogens with one attached hydrogen (secondary N) is 2. The molecule has 100 valence electrons. The fraction of sp³-hybridized carbons (Fsp3) is 0.667. The van der Waals surface area contributed by atoms with Gasteiger partial charge in [0.15, 0.2) is 0 Å². The van der Waals surface area contributed by atoms with Gasteiger partial charge in [-0.1, -0.05) is 0 Å². The predicted molar refractivity (Wildman–Crippen MR) is 71.4 cm³/mol.